The van der Waals surface area contributed by atoms with Crippen molar-refractivity contribution in [2.45, 2.75) is 57.6 Å². The van der Waals surface area contributed by atoms with Gasteiger partial charge in [-0.05, 0) is 40.0 Å². The summed E-state index contributed by atoms with van der Waals surface area (Å²) in [5.41, 5.74) is -0.503. The molecule has 2 rings (SSSR count). The molecular formula is C12H19NO3. The molecule has 0 aromatic heterocycles. The van der Waals surface area contributed by atoms with E-state index in [9.17, 15) is 9.59 Å². The van der Waals surface area contributed by atoms with Crippen LogP contribution in [-0.2, 0) is 14.3 Å². The van der Waals surface area contributed by atoms with Crippen molar-refractivity contribution < 1.29 is 14.3 Å². The molecule has 90 valence electrons. The maximum absolute atomic E-state index is 11.7. The van der Waals surface area contributed by atoms with Crippen LogP contribution in [0, 0.1) is 5.92 Å². The summed E-state index contributed by atoms with van der Waals surface area (Å²) in [6.45, 7) is 5.62. The molecule has 1 spiro atoms. The summed E-state index contributed by atoms with van der Waals surface area (Å²) in [4.78, 5) is 22.9. The first kappa shape index (κ1) is 11.4. The average Bonchev–Trinajstić information content (AvgIpc) is 2.41. The fourth-order valence-corrected chi connectivity index (χ4v) is 2.52. The molecule has 0 unspecified atom stereocenters. The minimum Gasteiger partial charge on any atom is -0.460 e. The highest BCUT2D eigenvalue weighted by Gasteiger charge is 2.51. The number of ether oxygens (including phenoxy) is 1. The van der Waals surface area contributed by atoms with Crippen molar-refractivity contribution in [3.8, 4) is 0 Å². The predicted molar refractivity (Wildman–Crippen MR) is 58.7 cm³/mol. The fourth-order valence-electron chi connectivity index (χ4n) is 2.52. The van der Waals surface area contributed by atoms with Crippen LogP contribution >= 0.6 is 0 Å². The predicted octanol–water partition coefficient (Wildman–Crippen LogP) is 1.39. The minimum absolute atomic E-state index is 0.0300. The summed E-state index contributed by atoms with van der Waals surface area (Å²) in [5.74, 6) is -0.0421. The molecule has 1 aliphatic heterocycles. The third kappa shape index (κ3) is 2.20. The lowest BCUT2D eigenvalue weighted by molar-refractivity contribution is -0.166. The first-order valence-corrected chi connectivity index (χ1v) is 5.84. The van der Waals surface area contributed by atoms with Gasteiger partial charge in [0.15, 0.2) is 0 Å². The van der Waals surface area contributed by atoms with E-state index in [-0.39, 0.29) is 23.3 Å². The molecule has 1 N–H and O–H groups in total. The zero-order valence-electron chi connectivity index (χ0n) is 10.1. The largest absolute Gasteiger partial charge is 0.460 e. The zero-order valence-corrected chi connectivity index (χ0v) is 10.1. The van der Waals surface area contributed by atoms with Crippen LogP contribution in [0.4, 0.5) is 0 Å². The SMILES string of the molecule is CC(C)(C)OC(=O)C1CC2(CCC(=O)N2)C1. The molecule has 1 amide bonds. The van der Waals surface area contributed by atoms with E-state index >= 15 is 0 Å². The quantitative estimate of drug-likeness (QED) is 0.686. The van der Waals surface area contributed by atoms with Gasteiger partial charge < -0.3 is 10.1 Å². The number of rotatable bonds is 1. The first-order chi connectivity index (χ1) is 7.30. The van der Waals surface area contributed by atoms with Gasteiger partial charge in [0.05, 0.1) is 5.92 Å². The lowest BCUT2D eigenvalue weighted by atomic mass is 9.67. The third-order valence-electron chi connectivity index (χ3n) is 3.25. The van der Waals surface area contributed by atoms with Crippen molar-refractivity contribution in [1.82, 2.24) is 5.32 Å². The van der Waals surface area contributed by atoms with Gasteiger partial charge >= 0.3 is 5.97 Å². The number of nitrogens with one attached hydrogen (secondary N) is 1. The maximum atomic E-state index is 11.7. The standard InChI is InChI=1S/C12H19NO3/c1-11(2,3)16-10(15)8-6-12(7-8)5-4-9(14)13-12/h8H,4-7H2,1-3H3,(H,13,14). The van der Waals surface area contributed by atoms with Gasteiger partial charge in [-0.1, -0.05) is 0 Å². The summed E-state index contributed by atoms with van der Waals surface area (Å²) in [6, 6.07) is 0. The molecule has 0 radical (unpaired) electrons. The van der Waals surface area contributed by atoms with Crippen LogP contribution in [0.15, 0.2) is 0 Å². The topological polar surface area (TPSA) is 55.4 Å². The lowest BCUT2D eigenvalue weighted by Gasteiger charge is -2.44. The molecule has 4 heteroatoms. The Kier molecular flexibility index (Phi) is 2.48. The zero-order chi connectivity index (χ0) is 12.0. The van der Waals surface area contributed by atoms with Gasteiger partial charge in [0, 0.05) is 12.0 Å². The van der Waals surface area contributed by atoms with Crippen molar-refractivity contribution in [2.24, 2.45) is 5.92 Å². The Bertz CT molecular complexity index is 324. The van der Waals surface area contributed by atoms with E-state index in [4.69, 9.17) is 4.74 Å². The molecule has 1 saturated carbocycles. The van der Waals surface area contributed by atoms with Crippen LogP contribution in [0.25, 0.3) is 0 Å². The van der Waals surface area contributed by atoms with E-state index in [2.05, 4.69) is 5.32 Å². The van der Waals surface area contributed by atoms with Crippen LogP contribution in [0.5, 0.6) is 0 Å². The number of carbonyl (C=O) groups excluding carboxylic acids is 2. The number of carbonyl (C=O) groups is 2. The normalized spacial score (nSPS) is 33.4. The molecule has 1 heterocycles. The lowest BCUT2D eigenvalue weighted by Crippen LogP contribution is -2.55. The molecular weight excluding hydrogens is 206 g/mol. The van der Waals surface area contributed by atoms with Crippen molar-refractivity contribution in [3.63, 3.8) is 0 Å². The number of hydrogen-bond acceptors (Lipinski definition) is 3. The van der Waals surface area contributed by atoms with Crippen LogP contribution in [0.2, 0.25) is 0 Å². The molecule has 0 aromatic carbocycles. The third-order valence-corrected chi connectivity index (χ3v) is 3.25. The minimum atomic E-state index is -0.418. The van der Waals surface area contributed by atoms with Gasteiger partial charge in [-0.15, -0.1) is 0 Å². The van der Waals surface area contributed by atoms with Crippen molar-refractivity contribution in [3.05, 3.63) is 0 Å². The Morgan fingerprint density at radius 3 is 2.50 bits per heavy atom. The molecule has 1 aliphatic carbocycles. The summed E-state index contributed by atoms with van der Waals surface area (Å²) >= 11 is 0. The van der Waals surface area contributed by atoms with E-state index < -0.39 is 5.60 Å². The first-order valence-electron chi connectivity index (χ1n) is 5.84. The Balaban J connectivity index is 1.84. The highest BCUT2D eigenvalue weighted by molar-refractivity contribution is 5.81. The van der Waals surface area contributed by atoms with Crippen LogP contribution < -0.4 is 5.32 Å². The van der Waals surface area contributed by atoms with E-state index in [1.54, 1.807) is 0 Å². The highest BCUT2D eigenvalue weighted by atomic mass is 16.6. The van der Waals surface area contributed by atoms with E-state index in [1.165, 1.54) is 0 Å². The molecule has 4 nitrogen and oxygen atoms in total. The van der Waals surface area contributed by atoms with E-state index in [1.807, 2.05) is 20.8 Å². The number of amides is 1. The second-order valence-corrected chi connectivity index (χ2v) is 5.97. The average molecular weight is 225 g/mol. The van der Waals surface area contributed by atoms with Crippen LogP contribution in [0.3, 0.4) is 0 Å². The molecule has 1 saturated heterocycles. The summed E-state index contributed by atoms with van der Waals surface area (Å²) in [6.07, 6.45) is 2.95. The molecule has 0 aromatic rings. The smallest absolute Gasteiger partial charge is 0.309 e. The van der Waals surface area contributed by atoms with Gasteiger partial charge in [0.2, 0.25) is 5.91 Å². The summed E-state index contributed by atoms with van der Waals surface area (Å²) < 4.78 is 5.32. The van der Waals surface area contributed by atoms with Gasteiger partial charge in [0.1, 0.15) is 5.60 Å². The number of esters is 1. The molecule has 0 atom stereocenters. The molecule has 0 bridgehead atoms. The van der Waals surface area contributed by atoms with Crippen LogP contribution in [-0.4, -0.2) is 23.0 Å². The van der Waals surface area contributed by atoms with Gasteiger partial charge in [-0.3, -0.25) is 9.59 Å². The van der Waals surface area contributed by atoms with E-state index in [0.29, 0.717) is 6.42 Å². The van der Waals surface area contributed by atoms with Gasteiger partial charge in [0.25, 0.3) is 0 Å². The highest BCUT2D eigenvalue weighted by Crippen LogP contribution is 2.44. The Morgan fingerprint density at radius 2 is 2.06 bits per heavy atom. The monoisotopic (exact) mass is 225 g/mol. The Morgan fingerprint density at radius 1 is 1.44 bits per heavy atom. The van der Waals surface area contributed by atoms with Gasteiger partial charge in [-0.25, -0.2) is 0 Å². The van der Waals surface area contributed by atoms with Crippen LogP contribution in [0.1, 0.15) is 46.5 Å². The molecule has 2 fully saturated rings. The number of hydrogen-bond donors (Lipinski definition) is 1. The van der Waals surface area contributed by atoms with Gasteiger partial charge in [-0.2, -0.15) is 0 Å². The second kappa shape index (κ2) is 3.47. The summed E-state index contributed by atoms with van der Waals surface area (Å²) in [5, 5.41) is 2.97. The fraction of sp³-hybridized carbons (Fsp3) is 0.833. The Labute approximate surface area is 95.7 Å². The van der Waals surface area contributed by atoms with Crippen molar-refractivity contribution in [1.29, 1.82) is 0 Å². The van der Waals surface area contributed by atoms with Crippen molar-refractivity contribution in [2.75, 3.05) is 0 Å². The second-order valence-electron chi connectivity index (χ2n) is 5.97. The Hall–Kier alpha value is -1.06. The van der Waals surface area contributed by atoms with Crippen molar-refractivity contribution >= 4 is 11.9 Å². The molecule has 2 aliphatic rings. The van der Waals surface area contributed by atoms with E-state index in [0.717, 1.165) is 19.3 Å². The summed E-state index contributed by atoms with van der Waals surface area (Å²) in [7, 11) is 0. The molecule has 16 heavy (non-hydrogen) atoms. The maximum Gasteiger partial charge on any atom is 0.309 e.